The van der Waals surface area contributed by atoms with E-state index in [0.717, 1.165) is 11.2 Å². The van der Waals surface area contributed by atoms with Gasteiger partial charge in [-0.05, 0) is 36.1 Å². The van der Waals surface area contributed by atoms with Crippen molar-refractivity contribution in [1.82, 2.24) is 0 Å². The summed E-state index contributed by atoms with van der Waals surface area (Å²) in [4.78, 5) is 0. The molecule has 0 aliphatic carbocycles. The van der Waals surface area contributed by atoms with Gasteiger partial charge in [0.05, 0.1) is 0 Å². The van der Waals surface area contributed by atoms with E-state index in [1.54, 1.807) is 0 Å². The van der Waals surface area contributed by atoms with Crippen LogP contribution in [-0.4, -0.2) is 0 Å². The van der Waals surface area contributed by atoms with E-state index < -0.39 is 0 Å². The smallest absolute Gasteiger partial charge is 0.135 e. The molecule has 86 valence electrons. The number of fused-ring (bicyclic) bond motifs is 3. The molecule has 0 fully saturated rings. The van der Waals surface area contributed by atoms with Crippen LogP contribution in [0, 0.1) is 0 Å². The minimum atomic E-state index is 0.605. The van der Waals surface area contributed by atoms with Gasteiger partial charge in [-0.15, -0.1) is 0 Å². The summed E-state index contributed by atoms with van der Waals surface area (Å²) >= 11 is 0. The van der Waals surface area contributed by atoms with E-state index in [0.29, 0.717) is 5.92 Å². The van der Waals surface area contributed by atoms with Crippen LogP contribution in [0.2, 0.25) is 0 Å². The lowest BCUT2D eigenvalue weighted by atomic mass is 9.97. The third kappa shape index (κ3) is 1.62. The highest BCUT2D eigenvalue weighted by atomic mass is 16.3. The van der Waals surface area contributed by atoms with Crippen LogP contribution in [0.5, 0.6) is 0 Å². The molecule has 0 saturated heterocycles. The zero-order chi connectivity index (χ0) is 11.8. The van der Waals surface area contributed by atoms with Gasteiger partial charge in [-0.25, -0.2) is 0 Å². The third-order valence-electron chi connectivity index (χ3n) is 3.58. The normalized spacial score (nSPS) is 13.3. The monoisotopic (exact) mass is 224 g/mol. The van der Waals surface area contributed by atoms with Gasteiger partial charge in [-0.1, -0.05) is 38.1 Å². The maximum Gasteiger partial charge on any atom is 0.135 e. The number of rotatable bonds is 2. The van der Waals surface area contributed by atoms with E-state index in [4.69, 9.17) is 4.42 Å². The summed E-state index contributed by atoms with van der Waals surface area (Å²) in [5.41, 5.74) is 3.36. The summed E-state index contributed by atoms with van der Waals surface area (Å²) in [7, 11) is 0. The lowest BCUT2D eigenvalue weighted by Gasteiger charge is -2.08. The first kappa shape index (κ1) is 10.4. The van der Waals surface area contributed by atoms with Gasteiger partial charge in [-0.3, -0.25) is 0 Å². The molecule has 0 amide bonds. The molecule has 0 bridgehead atoms. The topological polar surface area (TPSA) is 13.1 Å². The fraction of sp³-hybridized carbons (Fsp3) is 0.250. The number of furan rings is 1. The Morgan fingerprint density at radius 2 is 1.76 bits per heavy atom. The summed E-state index contributed by atoms with van der Waals surface area (Å²) in [5.74, 6) is 0.605. The Balaban J connectivity index is 2.30. The van der Waals surface area contributed by atoms with Crippen LogP contribution in [0.25, 0.3) is 21.9 Å². The largest absolute Gasteiger partial charge is 0.456 e. The van der Waals surface area contributed by atoms with Crippen LogP contribution in [0.3, 0.4) is 0 Å². The van der Waals surface area contributed by atoms with E-state index in [9.17, 15) is 0 Å². The maximum atomic E-state index is 5.82. The van der Waals surface area contributed by atoms with Crippen LogP contribution in [0.4, 0.5) is 0 Å². The third-order valence-corrected chi connectivity index (χ3v) is 3.58. The van der Waals surface area contributed by atoms with Crippen LogP contribution in [0.1, 0.15) is 31.7 Å². The molecule has 1 heteroatoms. The van der Waals surface area contributed by atoms with Crippen molar-refractivity contribution in [2.75, 3.05) is 0 Å². The van der Waals surface area contributed by atoms with Gasteiger partial charge in [0, 0.05) is 10.8 Å². The predicted octanol–water partition coefficient (Wildman–Crippen LogP) is 5.10. The first-order valence-corrected chi connectivity index (χ1v) is 6.21. The first-order chi connectivity index (χ1) is 8.29. The fourth-order valence-corrected chi connectivity index (χ4v) is 2.29. The average Bonchev–Trinajstić information content (AvgIpc) is 2.75. The van der Waals surface area contributed by atoms with Crippen molar-refractivity contribution in [1.29, 1.82) is 0 Å². The minimum Gasteiger partial charge on any atom is -0.456 e. The molecular weight excluding hydrogens is 208 g/mol. The van der Waals surface area contributed by atoms with Crippen molar-refractivity contribution in [2.24, 2.45) is 0 Å². The summed E-state index contributed by atoms with van der Waals surface area (Å²) in [6, 6.07) is 14.8. The lowest BCUT2D eigenvalue weighted by Crippen LogP contribution is -1.89. The van der Waals surface area contributed by atoms with Crippen LogP contribution in [-0.2, 0) is 0 Å². The van der Waals surface area contributed by atoms with E-state index in [1.165, 1.54) is 22.8 Å². The van der Waals surface area contributed by atoms with E-state index in [1.807, 2.05) is 12.1 Å². The van der Waals surface area contributed by atoms with Gasteiger partial charge >= 0.3 is 0 Å². The van der Waals surface area contributed by atoms with Crippen LogP contribution in [0.15, 0.2) is 46.9 Å². The molecule has 0 saturated carbocycles. The molecule has 1 atom stereocenters. The van der Waals surface area contributed by atoms with Crippen molar-refractivity contribution in [3.63, 3.8) is 0 Å². The molecule has 2 aromatic carbocycles. The second kappa shape index (κ2) is 3.92. The quantitative estimate of drug-likeness (QED) is 0.590. The summed E-state index contributed by atoms with van der Waals surface area (Å²) in [5, 5.41) is 2.45. The highest BCUT2D eigenvalue weighted by Gasteiger charge is 2.09. The Morgan fingerprint density at radius 3 is 2.59 bits per heavy atom. The van der Waals surface area contributed by atoms with Crippen LogP contribution < -0.4 is 0 Å². The minimum absolute atomic E-state index is 0.605. The summed E-state index contributed by atoms with van der Waals surface area (Å²) in [6.45, 7) is 4.49. The number of hydrogen-bond acceptors (Lipinski definition) is 1. The molecule has 3 rings (SSSR count). The summed E-state index contributed by atoms with van der Waals surface area (Å²) in [6.07, 6.45) is 1.17. The molecule has 1 unspecified atom stereocenters. The molecule has 1 nitrogen and oxygen atoms in total. The van der Waals surface area contributed by atoms with E-state index >= 15 is 0 Å². The van der Waals surface area contributed by atoms with Crippen LogP contribution >= 0.6 is 0 Å². The van der Waals surface area contributed by atoms with Crippen molar-refractivity contribution in [2.45, 2.75) is 26.2 Å². The van der Waals surface area contributed by atoms with Gasteiger partial charge in [-0.2, -0.15) is 0 Å². The molecule has 17 heavy (non-hydrogen) atoms. The second-order valence-corrected chi connectivity index (χ2v) is 4.66. The molecule has 1 aromatic heterocycles. The number of para-hydroxylation sites is 1. The number of benzene rings is 2. The van der Waals surface area contributed by atoms with Gasteiger partial charge in [0.15, 0.2) is 0 Å². The van der Waals surface area contributed by atoms with Gasteiger partial charge in [0.25, 0.3) is 0 Å². The standard InChI is InChI=1S/C16H16O/c1-3-11(2)12-8-9-16-14(10-12)13-6-4-5-7-15(13)17-16/h4-11H,3H2,1-2H3. The molecule has 0 aliphatic heterocycles. The number of hydrogen-bond donors (Lipinski definition) is 0. The Kier molecular flexibility index (Phi) is 2.40. The molecule has 3 aromatic rings. The first-order valence-electron chi connectivity index (χ1n) is 6.21. The summed E-state index contributed by atoms with van der Waals surface area (Å²) < 4.78 is 5.82. The van der Waals surface area contributed by atoms with Crippen molar-refractivity contribution >= 4 is 21.9 Å². The molecule has 0 radical (unpaired) electrons. The Labute approximate surface area is 101 Å². The highest BCUT2D eigenvalue weighted by Crippen LogP contribution is 2.31. The van der Waals surface area contributed by atoms with Gasteiger partial charge < -0.3 is 4.42 Å². The SMILES string of the molecule is CCC(C)c1ccc2oc3ccccc3c2c1. The molecular formula is C16H16O. The Bertz CT molecular complexity index is 663. The Hall–Kier alpha value is -1.76. The predicted molar refractivity (Wildman–Crippen MR) is 72.4 cm³/mol. The molecule has 0 N–H and O–H groups in total. The second-order valence-electron chi connectivity index (χ2n) is 4.66. The molecule has 0 spiro atoms. The molecule has 1 heterocycles. The lowest BCUT2D eigenvalue weighted by molar-refractivity contribution is 0.668. The van der Waals surface area contributed by atoms with Crippen molar-refractivity contribution in [3.8, 4) is 0 Å². The van der Waals surface area contributed by atoms with Gasteiger partial charge in [0.1, 0.15) is 11.2 Å². The highest BCUT2D eigenvalue weighted by molar-refractivity contribution is 6.04. The zero-order valence-corrected chi connectivity index (χ0v) is 10.2. The van der Waals surface area contributed by atoms with Gasteiger partial charge in [0.2, 0.25) is 0 Å². The maximum absolute atomic E-state index is 5.82. The van der Waals surface area contributed by atoms with Crippen molar-refractivity contribution < 1.29 is 4.42 Å². The van der Waals surface area contributed by atoms with Crippen molar-refractivity contribution in [3.05, 3.63) is 48.0 Å². The van der Waals surface area contributed by atoms with E-state index in [2.05, 4.69) is 44.2 Å². The average molecular weight is 224 g/mol. The zero-order valence-electron chi connectivity index (χ0n) is 10.2. The van der Waals surface area contributed by atoms with E-state index in [-0.39, 0.29) is 0 Å². The Morgan fingerprint density at radius 1 is 1.00 bits per heavy atom. The molecule has 0 aliphatic rings. The fourth-order valence-electron chi connectivity index (χ4n) is 2.29.